The Kier molecular flexibility index (Phi) is 3.54. The number of Topliss-reactive ketones (excluding diaryl/α,β-unsaturated/α-hetero) is 1. The number of alkyl halides is 1. The van der Waals surface area contributed by atoms with Crippen LogP contribution in [0.25, 0.3) is 0 Å². The fourth-order valence-electron chi connectivity index (χ4n) is 2.19. The van der Waals surface area contributed by atoms with Gasteiger partial charge in [-0.3, -0.25) is 4.79 Å². The Morgan fingerprint density at radius 1 is 1.31 bits per heavy atom. The minimum Gasteiger partial charge on any atom is -0.463 e. The van der Waals surface area contributed by atoms with Crippen LogP contribution in [-0.4, -0.2) is 12.6 Å². The number of hydrogen-bond acceptors (Lipinski definition) is 2. The lowest BCUT2D eigenvalue weighted by atomic mass is 9.83. The summed E-state index contributed by atoms with van der Waals surface area (Å²) in [6.45, 7) is -0.799. The molecule has 1 saturated carbocycles. The molecule has 0 radical (unpaired) electrons. The van der Waals surface area contributed by atoms with E-state index in [0.717, 1.165) is 18.4 Å². The first kappa shape index (κ1) is 11.1. The number of ether oxygens (including phenoxy) is 1. The summed E-state index contributed by atoms with van der Waals surface area (Å²) in [6, 6.07) is 7.51. The molecule has 0 heterocycles. The zero-order valence-corrected chi connectivity index (χ0v) is 9.12. The van der Waals surface area contributed by atoms with Gasteiger partial charge in [0.25, 0.3) is 0 Å². The van der Waals surface area contributed by atoms with Gasteiger partial charge in [-0.25, -0.2) is 4.39 Å². The van der Waals surface area contributed by atoms with E-state index in [1.54, 1.807) is 6.07 Å². The van der Waals surface area contributed by atoms with Gasteiger partial charge in [0.1, 0.15) is 11.5 Å². The molecule has 1 aromatic carbocycles. The monoisotopic (exact) mass is 222 g/mol. The van der Waals surface area contributed by atoms with Crippen molar-refractivity contribution in [2.75, 3.05) is 6.86 Å². The number of benzene rings is 1. The van der Waals surface area contributed by atoms with Crippen LogP contribution in [-0.2, 0) is 4.79 Å². The van der Waals surface area contributed by atoms with Crippen molar-refractivity contribution in [1.29, 1.82) is 0 Å². The predicted molar refractivity (Wildman–Crippen MR) is 59.3 cm³/mol. The number of carbonyl (C=O) groups is 1. The van der Waals surface area contributed by atoms with Crippen molar-refractivity contribution >= 4 is 5.78 Å². The topological polar surface area (TPSA) is 26.3 Å². The lowest BCUT2D eigenvalue weighted by Crippen LogP contribution is -2.12. The average Bonchev–Trinajstić information content (AvgIpc) is 2.31. The number of hydrogen-bond donors (Lipinski definition) is 0. The van der Waals surface area contributed by atoms with Gasteiger partial charge in [0.15, 0.2) is 0 Å². The minimum absolute atomic E-state index is 0.354. The van der Waals surface area contributed by atoms with Crippen molar-refractivity contribution in [3.63, 3.8) is 0 Å². The summed E-state index contributed by atoms with van der Waals surface area (Å²) in [5, 5.41) is 0. The van der Waals surface area contributed by atoms with Crippen LogP contribution in [0.4, 0.5) is 4.39 Å². The Bertz CT molecular complexity index is 366. The Morgan fingerprint density at radius 3 is 2.75 bits per heavy atom. The molecule has 0 N–H and O–H groups in total. The van der Waals surface area contributed by atoms with E-state index in [9.17, 15) is 9.18 Å². The zero-order valence-electron chi connectivity index (χ0n) is 9.12. The highest BCUT2D eigenvalue weighted by Crippen LogP contribution is 2.32. The lowest BCUT2D eigenvalue weighted by molar-refractivity contribution is -0.120. The third-order valence-corrected chi connectivity index (χ3v) is 3.09. The minimum atomic E-state index is -0.799. The highest BCUT2D eigenvalue weighted by atomic mass is 19.1. The molecule has 3 heteroatoms. The molecular weight excluding hydrogens is 207 g/mol. The second kappa shape index (κ2) is 5.10. The number of carbonyl (C=O) groups excluding carboxylic acids is 1. The Labute approximate surface area is 94.4 Å². The zero-order chi connectivity index (χ0) is 11.4. The third-order valence-electron chi connectivity index (χ3n) is 3.09. The average molecular weight is 222 g/mol. The maximum atomic E-state index is 12.0. The summed E-state index contributed by atoms with van der Waals surface area (Å²) in [5.74, 6) is 1.34. The fourth-order valence-corrected chi connectivity index (χ4v) is 2.19. The van der Waals surface area contributed by atoms with Crippen LogP contribution in [0.1, 0.15) is 37.2 Å². The summed E-state index contributed by atoms with van der Waals surface area (Å²) >= 11 is 0. The van der Waals surface area contributed by atoms with Gasteiger partial charge in [0.05, 0.1) is 0 Å². The summed E-state index contributed by atoms with van der Waals surface area (Å²) in [4.78, 5) is 11.1. The van der Waals surface area contributed by atoms with Gasteiger partial charge in [-0.05, 0) is 36.5 Å². The molecule has 1 aromatic rings. The molecule has 86 valence electrons. The molecule has 0 bridgehead atoms. The van der Waals surface area contributed by atoms with E-state index in [4.69, 9.17) is 4.74 Å². The molecule has 0 amide bonds. The molecule has 0 atom stereocenters. The molecule has 16 heavy (non-hydrogen) atoms. The van der Waals surface area contributed by atoms with E-state index in [1.165, 1.54) is 0 Å². The molecule has 1 aliphatic carbocycles. The Balaban J connectivity index is 2.08. The van der Waals surface area contributed by atoms with Gasteiger partial charge in [-0.2, -0.15) is 0 Å². The first-order valence-electron chi connectivity index (χ1n) is 5.60. The molecular formula is C13H15FO2. The molecule has 1 fully saturated rings. The Morgan fingerprint density at radius 2 is 2.06 bits per heavy atom. The highest BCUT2D eigenvalue weighted by molar-refractivity contribution is 5.79. The molecule has 1 aliphatic rings. The van der Waals surface area contributed by atoms with E-state index in [1.807, 2.05) is 18.2 Å². The van der Waals surface area contributed by atoms with Gasteiger partial charge in [-0.1, -0.05) is 12.1 Å². The predicted octanol–water partition coefficient (Wildman–Crippen LogP) is 3.22. The van der Waals surface area contributed by atoms with Crippen molar-refractivity contribution in [3.05, 3.63) is 29.8 Å². The maximum Gasteiger partial charge on any atom is 0.228 e. The van der Waals surface area contributed by atoms with Crippen LogP contribution in [0, 0.1) is 0 Å². The first-order valence-corrected chi connectivity index (χ1v) is 5.60. The number of rotatable bonds is 3. The number of halogens is 1. The van der Waals surface area contributed by atoms with Gasteiger partial charge < -0.3 is 4.74 Å². The summed E-state index contributed by atoms with van der Waals surface area (Å²) in [5.41, 5.74) is 1.15. The van der Waals surface area contributed by atoms with E-state index >= 15 is 0 Å². The molecule has 0 unspecified atom stereocenters. The van der Waals surface area contributed by atoms with Crippen LogP contribution in [0.2, 0.25) is 0 Å². The third kappa shape index (κ3) is 2.60. The van der Waals surface area contributed by atoms with E-state index in [0.29, 0.717) is 30.3 Å². The smallest absolute Gasteiger partial charge is 0.228 e. The summed E-state index contributed by atoms with van der Waals surface area (Å²) in [6.07, 6.45) is 3.13. The standard InChI is InChI=1S/C13H15FO2/c14-9-16-13-3-1-2-11(8-13)10-4-6-12(15)7-5-10/h1-3,8,10H,4-7,9H2. The molecule has 0 aromatic heterocycles. The quantitative estimate of drug-likeness (QED) is 0.784. The van der Waals surface area contributed by atoms with Crippen LogP contribution in [0.3, 0.4) is 0 Å². The van der Waals surface area contributed by atoms with Gasteiger partial charge in [0.2, 0.25) is 6.86 Å². The van der Waals surface area contributed by atoms with Crippen LogP contribution >= 0.6 is 0 Å². The molecule has 0 aliphatic heterocycles. The summed E-state index contributed by atoms with van der Waals surface area (Å²) < 4.78 is 16.9. The van der Waals surface area contributed by atoms with Crippen LogP contribution in [0.15, 0.2) is 24.3 Å². The van der Waals surface area contributed by atoms with Crippen LogP contribution < -0.4 is 4.74 Å². The normalized spacial score (nSPS) is 17.4. The second-order valence-electron chi connectivity index (χ2n) is 4.14. The van der Waals surface area contributed by atoms with Gasteiger partial charge >= 0.3 is 0 Å². The van der Waals surface area contributed by atoms with E-state index in [-0.39, 0.29) is 0 Å². The molecule has 2 nitrogen and oxygen atoms in total. The molecule has 0 spiro atoms. The van der Waals surface area contributed by atoms with Crippen molar-refractivity contribution in [1.82, 2.24) is 0 Å². The SMILES string of the molecule is O=C1CCC(c2cccc(OCF)c2)CC1. The lowest BCUT2D eigenvalue weighted by Gasteiger charge is -2.21. The Hall–Kier alpha value is -1.38. The van der Waals surface area contributed by atoms with Crippen molar-refractivity contribution in [3.8, 4) is 5.75 Å². The first-order chi connectivity index (χ1) is 7.79. The molecule has 0 saturated heterocycles. The van der Waals surface area contributed by atoms with E-state index in [2.05, 4.69) is 0 Å². The van der Waals surface area contributed by atoms with Crippen molar-refractivity contribution in [2.24, 2.45) is 0 Å². The van der Waals surface area contributed by atoms with Crippen molar-refractivity contribution in [2.45, 2.75) is 31.6 Å². The van der Waals surface area contributed by atoms with Crippen molar-refractivity contribution < 1.29 is 13.9 Å². The van der Waals surface area contributed by atoms with Gasteiger partial charge in [0, 0.05) is 12.8 Å². The highest BCUT2D eigenvalue weighted by Gasteiger charge is 2.20. The van der Waals surface area contributed by atoms with E-state index < -0.39 is 6.86 Å². The van der Waals surface area contributed by atoms with Crippen LogP contribution in [0.5, 0.6) is 5.75 Å². The van der Waals surface area contributed by atoms with Gasteiger partial charge in [-0.15, -0.1) is 0 Å². The fraction of sp³-hybridized carbons (Fsp3) is 0.462. The summed E-state index contributed by atoms with van der Waals surface area (Å²) in [7, 11) is 0. The largest absolute Gasteiger partial charge is 0.463 e. The number of ketones is 1. The molecule has 2 rings (SSSR count). The second-order valence-corrected chi connectivity index (χ2v) is 4.14. The maximum absolute atomic E-state index is 12.0.